The van der Waals surface area contributed by atoms with Crippen LogP contribution < -0.4 is 0 Å². The molecular formula is C14H25NO10. The predicted octanol–water partition coefficient (Wildman–Crippen LogP) is -5.69. The van der Waals surface area contributed by atoms with Gasteiger partial charge in [0.1, 0.15) is 30.5 Å². The third kappa shape index (κ3) is 3.09. The van der Waals surface area contributed by atoms with Crippen LogP contribution in [0.2, 0.25) is 0 Å². The number of fused-ring (bicyclic) bond motifs is 1. The number of ether oxygens (including phenoxy) is 2. The van der Waals surface area contributed by atoms with Crippen molar-refractivity contribution in [3.8, 4) is 0 Å². The molecule has 0 amide bonds. The largest absolute Gasteiger partial charge is 0.395 e. The van der Waals surface area contributed by atoms with E-state index in [0.29, 0.717) is 0 Å². The Morgan fingerprint density at radius 2 is 1.48 bits per heavy atom. The molecule has 11 heteroatoms. The van der Waals surface area contributed by atoms with E-state index >= 15 is 0 Å². The number of hydrogen-bond donors (Lipinski definition) is 8. The van der Waals surface area contributed by atoms with Gasteiger partial charge in [-0.15, -0.1) is 0 Å². The van der Waals surface area contributed by atoms with Crippen LogP contribution in [-0.2, 0) is 9.47 Å². The fourth-order valence-corrected chi connectivity index (χ4v) is 3.92. The van der Waals surface area contributed by atoms with Crippen molar-refractivity contribution in [2.75, 3.05) is 19.8 Å². The van der Waals surface area contributed by atoms with E-state index in [1.807, 2.05) is 0 Å². The normalized spacial score (nSPS) is 54.0. The summed E-state index contributed by atoms with van der Waals surface area (Å²) in [5.74, 6) is 0. The Morgan fingerprint density at radius 3 is 2.08 bits per heavy atom. The van der Waals surface area contributed by atoms with Crippen molar-refractivity contribution >= 4 is 0 Å². The lowest BCUT2D eigenvalue weighted by molar-refractivity contribution is -0.314. The van der Waals surface area contributed by atoms with Gasteiger partial charge in [-0.2, -0.15) is 0 Å². The quantitative estimate of drug-likeness (QED) is 0.237. The molecule has 146 valence electrons. The third-order valence-corrected chi connectivity index (χ3v) is 5.37. The van der Waals surface area contributed by atoms with Gasteiger partial charge in [-0.25, -0.2) is 0 Å². The van der Waals surface area contributed by atoms with Crippen LogP contribution in [0, 0.1) is 0 Å². The Morgan fingerprint density at radius 1 is 0.800 bits per heavy atom. The van der Waals surface area contributed by atoms with Crippen molar-refractivity contribution in [3.63, 3.8) is 0 Å². The molecule has 8 N–H and O–H groups in total. The summed E-state index contributed by atoms with van der Waals surface area (Å²) < 4.78 is 10.8. The van der Waals surface area contributed by atoms with Gasteiger partial charge in [0.25, 0.3) is 0 Å². The highest BCUT2D eigenvalue weighted by Crippen LogP contribution is 2.36. The van der Waals surface area contributed by atoms with Crippen LogP contribution in [0.25, 0.3) is 0 Å². The molecule has 3 rings (SSSR count). The molecule has 0 aromatic heterocycles. The van der Waals surface area contributed by atoms with E-state index < -0.39 is 80.4 Å². The summed E-state index contributed by atoms with van der Waals surface area (Å²) in [6.07, 6.45) is -12.0. The SMILES string of the molecule is OC[C@H]1OC(O[C@@H]2CN3[C@H]([C@H]2O)[C@@H](O)[C@H](O)[C@@H]3CO)[C@H](O)[C@@H](O)[C@@H]1O. The first kappa shape index (κ1) is 19.3. The molecule has 0 radical (unpaired) electrons. The van der Waals surface area contributed by atoms with Gasteiger partial charge in [-0.1, -0.05) is 0 Å². The maximum absolute atomic E-state index is 10.4. The molecule has 3 aliphatic rings. The van der Waals surface area contributed by atoms with Crippen molar-refractivity contribution in [1.29, 1.82) is 0 Å². The van der Waals surface area contributed by atoms with Gasteiger partial charge < -0.3 is 50.3 Å². The average Bonchev–Trinajstić information content (AvgIpc) is 3.03. The van der Waals surface area contributed by atoms with Crippen LogP contribution in [0.3, 0.4) is 0 Å². The van der Waals surface area contributed by atoms with E-state index in [1.54, 1.807) is 0 Å². The second kappa shape index (κ2) is 7.29. The highest BCUT2D eigenvalue weighted by molar-refractivity contribution is 5.10. The van der Waals surface area contributed by atoms with Crippen LogP contribution in [0.5, 0.6) is 0 Å². The minimum absolute atomic E-state index is 0.0419. The molecular weight excluding hydrogens is 342 g/mol. The molecule has 1 unspecified atom stereocenters. The molecule has 11 atom stereocenters. The summed E-state index contributed by atoms with van der Waals surface area (Å²) in [5, 5.41) is 78.5. The highest BCUT2D eigenvalue weighted by atomic mass is 16.7. The summed E-state index contributed by atoms with van der Waals surface area (Å²) in [7, 11) is 0. The summed E-state index contributed by atoms with van der Waals surface area (Å²) in [6.45, 7) is -0.987. The molecule has 0 aromatic rings. The van der Waals surface area contributed by atoms with E-state index in [-0.39, 0.29) is 6.54 Å². The van der Waals surface area contributed by atoms with E-state index in [2.05, 4.69) is 0 Å². The first-order valence-electron chi connectivity index (χ1n) is 8.18. The van der Waals surface area contributed by atoms with Crippen LogP contribution in [-0.4, -0.2) is 133 Å². The molecule has 3 saturated heterocycles. The van der Waals surface area contributed by atoms with E-state index in [0.717, 1.165) is 0 Å². The zero-order chi connectivity index (χ0) is 18.5. The summed E-state index contributed by atoms with van der Waals surface area (Å²) >= 11 is 0. The van der Waals surface area contributed by atoms with Crippen LogP contribution in [0.15, 0.2) is 0 Å². The standard InChI is InChI=1S/C14H25NO10/c16-2-4-8(18)11(21)7-9(19)5(1-15(4)7)24-14-13(23)12(22)10(20)6(3-17)25-14/h4-14,16-23H,1-3H2/t4-,5+,6+,7+,8+,9-,10+,11+,12-,13+,14?/m0/s1. The van der Waals surface area contributed by atoms with Crippen molar-refractivity contribution in [2.45, 2.75) is 67.2 Å². The highest BCUT2D eigenvalue weighted by Gasteiger charge is 2.58. The first-order chi connectivity index (χ1) is 11.8. The fourth-order valence-electron chi connectivity index (χ4n) is 3.92. The van der Waals surface area contributed by atoms with Gasteiger partial charge in [0.2, 0.25) is 0 Å². The van der Waals surface area contributed by atoms with Gasteiger partial charge >= 0.3 is 0 Å². The third-order valence-electron chi connectivity index (χ3n) is 5.37. The Labute approximate surface area is 143 Å². The smallest absolute Gasteiger partial charge is 0.187 e. The van der Waals surface area contributed by atoms with E-state index in [4.69, 9.17) is 9.47 Å². The summed E-state index contributed by atoms with van der Waals surface area (Å²) in [5.41, 5.74) is 0. The number of hydrogen-bond acceptors (Lipinski definition) is 11. The maximum Gasteiger partial charge on any atom is 0.187 e. The van der Waals surface area contributed by atoms with Gasteiger partial charge in [0.05, 0.1) is 43.6 Å². The van der Waals surface area contributed by atoms with Crippen molar-refractivity contribution in [1.82, 2.24) is 4.90 Å². The lowest BCUT2D eigenvalue weighted by Crippen LogP contribution is -2.60. The van der Waals surface area contributed by atoms with E-state index in [9.17, 15) is 40.9 Å². The minimum atomic E-state index is -1.61. The van der Waals surface area contributed by atoms with Crippen molar-refractivity contribution in [2.24, 2.45) is 0 Å². The molecule has 3 heterocycles. The number of aliphatic hydroxyl groups excluding tert-OH is 8. The van der Waals surface area contributed by atoms with Gasteiger partial charge in [0, 0.05) is 6.54 Å². The molecule has 25 heavy (non-hydrogen) atoms. The molecule has 0 aromatic carbocycles. The minimum Gasteiger partial charge on any atom is -0.395 e. The van der Waals surface area contributed by atoms with Crippen LogP contribution in [0.1, 0.15) is 0 Å². The lowest BCUT2D eigenvalue weighted by Gasteiger charge is -2.40. The molecule has 3 aliphatic heterocycles. The Kier molecular flexibility index (Phi) is 5.63. The molecule has 0 aliphatic carbocycles. The Bertz CT molecular complexity index is 467. The van der Waals surface area contributed by atoms with Gasteiger partial charge in [-0.3, -0.25) is 4.90 Å². The molecule has 0 bridgehead atoms. The zero-order valence-electron chi connectivity index (χ0n) is 13.3. The fraction of sp³-hybridized carbons (Fsp3) is 1.00. The lowest BCUT2D eigenvalue weighted by atomic mass is 9.99. The van der Waals surface area contributed by atoms with E-state index in [1.165, 1.54) is 4.90 Å². The predicted molar refractivity (Wildman–Crippen MR) is 78.0 cm³/mol. The van der Waals surface area contributed by atoms with Crippen LogP contribution in [0.4, 0.5) is 0 Å². The molecule has 0 saturated carbocycles. The molecule has 3 fully saturated rings. The average molecular weight is 367 g/mol. The zero-order valence-corrected chi connectivity index (χ0v) is 13.3. The summed E-state index contributed by atoms with van der Waals surface area (Å²) in [6, 6.07) is -1.62. The maximum atomic E-state index is 10.4. The second-order valence-corrected chi connectivity index (χ2v) is 6.78. The van der Waals surface area contributed by atoms with Crippen molar-refractivity contribution < 1.29 is 50.3 Å². The Balaban J connectivity index is 1.70. The number of aliphatic hydroxyl groups is 8. The van der Waals surface area contributed by atoms with Crippen LogP contribution >= 0.6 is 0 Å². The number of nitrogens with zero attached hydrogens (tertiary/aromatic N) is 1. The van der Waals surface area contributed by atoms with Gasteiger partial charge in [-0.05, 0) is 0 Å². The molecule has 11 nitrogen and oxygen atoms in total. The van der Waals surface area contributed by atoms with Gasteiger partial charge in [0.15, 0.2) is 6.29 Å². The second-order valence-electron chi connectivity index (χ2n) is 6.78. The van der Waals surface area contributed by atoms with Crippen molar-refractivity contribution in [3.05, 3.63) is 0 Å². The number of rotatable bonds is 4. The monoisotopic (exact) mass is 367 g/mol. The topological polar surface area (TPSA) is 184 Å². The summed E-state index contributed by atoms with van der Waals surface area (Å²) in [4.78, 5) is 1.52. The Hall–Kier alpha value is -0.440. The first-order valence-corrected chi connectivity index (χ1v) is 8.18. The molecule has 0 spiro atoms.